The van der Waals surface area contributed by atoms with Crippen LogP contribution in [0.5, 0.6) is 11.5 Å². The first-order valence-corrected chi connectivity index (χ1v) is 8.65. The van der Waals surface area contributed by atoms with Gasteiger partial charge in [-0.2, -0.15) is 0 Å². The van der Waals surface area contributed by atoms with Crippen LogP contribution < -0.4 is 9.47 Å². The van der Waals surface area contributed by atoms with Crippen molar-refractivity contribution < 1.29 is 9.47 Å². The molecule has 0 radical (unpaired) electrons. The van der Waals surface area contributed by atoms with E-state index in [1.165, 1.54) is 0 Å². The summed E-state index contributed by atoms with van der Waals surface area (Å²) in [4.78, 5) is 0. The molecule has 0 N–H and O–H groups in total. The van der Waals surface area contributed by atoms with Crippen molar-refractivity contribution >= 4 is 15.9 Å². The summed E-state index contributed by atoms with van der Waals surface area (Å²) in [5.41, 5.74) is 3.38. The highest BCUT2D eigenvalue weighted by Crippen LogP contribution is 2.34. The zero-order valence-corrected chi connectivity index (χ0v) is 15.1. The second-order valence-electron chi connectivity index (χ2n) is 5.60. The lowest BCUT2D eigenvalue weighted by Gasteiger charge is -2.15. The lowest BCUT2D eigenvalue weighted by molar-refractivity contribution is 0.255. The van der Waals surface area contributed by atoms with Gasteiger partial charge < -0.3 is 9.47 Å². The molecule has 0 aliphatic heterocycles. The minimum atomic E-state index is 0.512. The zero-order valence-electron chi connectivity index (χ0n) is 13.5. The smallest absolute Gasteiger partial charge is 0.162 e. The summed E-state index contributed by atoms with van der Waals surface area (Å²) in [6.07, 6.45) is 0. The van der Waals surface area contributed by atoms with Crippen molar-refractivity contribution in [1.29, 1.82) is 0 Å². The summed E-state index contributed by atoms with van der Waals surface area (Å²) in [6.45, 7) is 3.07. The number of hydrogen-bond acceptors (Lipinski definition) is 2. The van der Waals surface area contributed by atoms with Gasteiger partial charge in [0.15, 0.2) is 11.5 Å². The van der Waals surface area contributed by atoms with Gasteiger partial charge in [0, 0.05) is 4.47 Å². The van der Waals surface area contributed by atoms with Gasteiger partial charge in [-0.05, 0) is 35.7 Å². The molecule has 0 bridgehead atoms. The van der Waals surface area contributed by atoms with Crippen LogP contribution in [0.25, 0.3) is 0 Å². The van der Waals surface area contributed by atoms with E-state index < -0.39 is 0 Å². The fourth-order valence-corrected chi connectivity index (χ4v) is 2.66. The van der Waals surface area contributed by atoms with Crippen molar-refractivity contribution in [2.75, 3.05) is 0 Å². The standard InChI is InChI=1S/C21H19BrO2/c1-16-12-20(23-14-17-8-4-2-5-9-17)21(13-19(16)22)24-15-18-10-6-3-7-11-18/h2-13H,14-15H2,1H3. The number of aryl methyl sites for hydroxylation is 1. The average Bonchev–Trinajstić information content (AvgIpc) is 2.63. The molecule has 0 unspecified atom stereocenters. The lowest BCUT2D eigenvalue weighted by Crippen LogP contribution is -2.01. The lowest BCUT2D eigenvalue weighted by atomic mass is 10.2. The molecule has 0 amide bonds. The second-order valence-corrected chi connectivity index (χ2v) is 6.45. The van der Waals surface area contributed by atoms with E-state index in [2.05, 4.69) is 28.1 Å². The van der Waals surface area contributed by atoms with E-state index in [4.69, 9.17) is 9.47 Å². The SMILES string of the molecule is Cc1cc(OCc2ccccc2)c(OCc2ccccc2)cc1Br. The maximum atomic E-state index is 6.00. The highest BCUT2D eigenvalue weighted by Gasteiger charge is 2.10. The normalized spacial score (nSPS) is 10.4. The van der Waals surface area contributed by atoms with E-state index in [0.29, 0.717) is 13.2 Å². The third kappa shape index (κ3) is 4.39. The zero-order chi connectivity index (χ0) is 16.8. The van der Waals surface area contributed by atoms with Crippen molar-refractivity contribution in [2.24, 2.45) is 0 Å². The molecule has 0 aromatic heterocycles. The predicted octanol–water partition coefficient (Wildman–Crippen LogP) is 5.92. The van der Waals surface area contributed by atoms with Crippen LogP contribution >= 0.6 is 15.9 Å². The minimum Gasteiger partial charge on any atom is -0.485 e. The van der Waals surface area contributed by atoms with Crippen molar-refractivity contribution in [1.82, 2.24) is 0 Å². The molecule has 0 aliphatic carbocycles. The molecule has 0 saturated carbocycles. The minimum absolute atomic E-state index is 0.512. The summed E-state index contributed by atoms with van der Waals surface area (Å²) in [6, 6.07) is 24.2. The van der Waals surface area contributed by atoms with Gasteiger partial charge in [-0.3, -0.25) is 0 Å². The van der Waals surface area contributed by atoms with Crippen LogP contribution in [0.15, 0.2) is 77.3 Å². The summed E-state index contributed by atoms with van der Waals surface area (Å²) >= 11 is 3.57. The predicted molar refractivity (Wildman–Crippen MR) is 100 cm³/mol. The molecule has 3 aromatic carbocycles. The number of ether oxygens (including phenoxy) is 2. The maximum absolute atomic E-state index is 6.00. The van der Waals surface area contributed by atoms with Gasteiger partial charge in [-0.25, -0.2) is 0 Å². The molecule has 0 atom stereocenters. The third-order valence-corrected chi connectivity index (χ3v) is 4.55. The molecular formula is C21H19BrO2. The molecule has 3 aromatic rings. The molecule has 0 heterocycles. The fourth-order valence-electron chi connectivity index (χ4n) is 2.33. The Morgan fingerprint density at radius 2 is 1.17 bits per heavy atom. The topological polar surface area (TPSA) is 18.5 Å². The molecule has 0 fully saturated rings. The highest BCUT2D eigenvalue weighted by molar-refractivity contribution is 9.10. The largest absolute Gasteiger partial charge is 0.485 e. The Morgan fingerprint density at radius 1 is 0.708 bits per heavy atom. The third-order valence-electron chi connectivity index (χ3n) is 3.70. The van der Waals surface area contributed by atoms with E-state index >= 15 is 0 Å². The highest BCUT2D eigenvalue weighted by atomic mass is 79.9. The van der Waals surface area contributed by atoms with Crippen LogP contribution in [0.1, 0.15) is 16.7 Å². The van der Waals surface area contributed by atoms with E-state index in [0.717, 1.165) is 32.7 Å². The first kappa shape index (κ1) is 16.6. The van der Waals surface area contributed by atoms with Gasteiger partial charge in [-0.1, -0.05) is 76.6 Å². The van der Waals surface area contributed by atoms with Crippen molar-refractivity contribution in [3.8, 4) is 11.5 Å². The van der Waals surface area contributed by atoms with Gasteiger partial charge in [0.05, 0.1) is 0 Å². The summed E-state index contributed by atoms with van der Waals surface area (Å²) in [5, 5.41) is 0. The van der Waals surface area contributed by atoms with E-state index in [-0.39, 0.29) is 0 Å². The molecule has 122 valence electrons. The van der Waals surface area contributed by atoms with Crippen molar-refractivity contribution in [3.63, 3.8) is 0 Å². The number of rotatable bonds is 6. The maximum Gasteiger partial charge on any atom is 0.162 e. The molecule has 3 rings (SSSR count). The molecule has 2 nitrogen and oxygen atoms in total. The van der Waals surface area contributed by atoms with E-state index in [1.807, 2.05) is 67.6 Å². The Kier molecular flexibility index (Phi) is 5.55. The van der Waals surface area contributed by atoms with Gasteiger partial charge in [0.1, 0.15) is 13.2 Å². The molecular weight excluding hydrogens is 364 g/mol. The van der Waals surface area contributed by atoms with Crippen LogP contribution in [0.4, 0.5) is 0 Å². The first-order chi connectivity index (χ1) is 11.7. The molecule has 0 saturated heterocycles. The Hall–Kier alpha value is -2.26. The summed E-state index contributed by atoms with van der Waals surface area (Å²) in [7, 11) is 0. The van der Waals surface area contributed by atoms with Crippen molar-refractivity contribution in [2.45, 2.75) is 20.1 Å². The molecule has 0 spiro atoms. The summed E-state index contributed by atoms with van der Waals surface area (Å²) < 4.78 is 13.0. The number of hydrogen-bond donors (Lipinski definition) is 0. The Labute approximate surface area is 151 Å². The first-order valence-electron chi connectivity index (χ1n) is 7.86. The second kappa shape index (κ2) is 8.02. The van der Waals surface area contributed by atoms with Crippen molar-refractivity contribution in [3.05, 3.63) is 94.0 Å². The number of halogens is 1. The average molecular weight is 383 g/mol. The molecule has 0 aliphatic rings. The van der Waals surface area contributed by atoms with Gasteiger partial charge in [0.25, 0.3) is 0 Å². The van der Waals surface area contributed by atoms with Crippen LogP contribution in [0.2, 0.25) is 0 Å². The monoisotopic (exact) mass is 382 g/mol. The van der Waals surface area contributed by atoms with Crippen LogP contribution in [0, 0.1) is 6.92 Å². The molecule has 3 heteroatoms. The summed E-state index contributed by atoms with van der Waals surface area (Å²) in [5.74, 6) is 1.50. The quantitative estimate of drug-likeness (QED) is 0.526. The Balaban J connectivity index is 1.75. The van der Waals surface area contributed by atoms with E-state index in [1.54, 1.807) is 0 Å². The van der Waals surface area contributed by atoms with Gasteiger partial charge in [0.2, 0.25) is 0 Å². The Morgan fingerprint density at radius 3 is 1.67 bits per heavy atom. The van der Waals surface area contributed by atoms with Crippen LogP contribution in [-0.2, 0) is 13.2 Å². The van der Waals surface area contributed by atoms with Crippen LogP contribution in [-0.4, -0.2) is 0 Å². The van der Waals surface area contributed by atoms with E-state index in [9.17, 15) is 0 Å². The number of benzene rings is 3. The van der Waals surface area contributed by atoms with Gasteiger partial charge in [-0.15, -0.1) is 0 Å². The fraction of sp³-hybridized carbons (Fsp3) is 0.143. The molecule has 24 heavy (non-hydrogen) atoms. The van der Waals surface area contributed by atoms with Crippen LogP contribution in [0.3, 0.4) is 0 Å². The Bertz CT molecular complexity index is 717. The van der Waals surface area contributed by atoms with Gasteiger partial charge >= 0.3 is 0 Å².